The minimum Gasteiger partial charge on any atom is -0.497 e. The van der Waals surface area contributed by atoms with E-state index >= 15 is 0 Å². The average molecular weight is 367 g/mol. The zero-order chi connectivity index (χ0) is 18.9. The van der Waals surface area contributed by atoms with E-state index in [2.05, 4.69) is 46.6 Å². The number of hydrogen-bond donors (Lipinski definition) is 1. The van der Waals surface area contributed by atoms with Crippen molar-refractivity contribution in [3.05, 3.63) is 65.7 Å². The number of aryl methyl sites for hydroxylation is 1. The zero-order valence-electron chi connectivity index (χ0n) is 16.2. The summed E-state index contributed by atoms with van der Waals surface area (Å²) in [6.45, 7) is 2.65. The summed E-state index contributed by atoms with van der Waals surface area (Å²) in [7, 11) is 1.68. The molecule has 1 heterocycles. The van der Waals surface area contributed by atoms with E-state index in [1.54, 1.807) is 7.11 Å². The second kappa shape index (κ2) is 10.1. The van der Waals surface area contributed by atoms with Crippen molar-refractivity contribution in [3.63, 3.8) is 0 Å². The Labute approximate surface area is 162 Å². The summed E-state index contributed by atoms with van der Waals surface area (Å²) < 4.78 is 5.19. The molecule has 1 saturated heterocycles. The van der Waals surface area contributed by atoms with Gasteiger partial charge in [-0.3, -0.25) is 4.79 Å². The lowest BCUT2D eigenvalue weighted by Gasteiger charge is -2.25. The summed E-state index contributed by atoms with van der Waals surface area (Å²) in [4.78, 5) is 14.3. The molecule has 0 aromatic heterocycles. The molecular formula is C23H30N2O2. The lowest BCUT2D eigenvalue weighted by Crippen LogP contribution is -2.36. The SMILES string of the molecule is COc1ccc(CNCC[C@H]2CCC(=O)N2CCCc2ccccc2)cc1. The smallest absolute Gasteiger partial charge is 0.222 e. The molecule has 0 bridgehead atoms. The minimum atomic E-state index is 0.322. The number of ether oxygens (including phenoxy) is 1. The molecule has 0 aliphatic carbocycles. The highest BCUT2D eigenvalue weighted by Gasteiger charge is 2.29. The number of benzene rings is 2. The van der Waals surface area contributed by atoms with Crippen molar-refractivity contribution >= 4 is 5.91 Å². The summed E-state index contributed by atoms with van der Waals surface area (Å²) in [6, 6.07) is 19.0. The van der Waals surface area contributed by atoms with E-state index < -0.39 is 0 Å². The summed E-state index contributed by atoms with van der Waals surface area (Å²) >= 11 is 0. The molecule has 1 aliphatic rings. The molecule has 144 valence electrons. The van der Waals surface area contributed by atoms with Crippen LogP contribution in [0.25, 0.3) is 0 Å². The van der Waals surface area contributed by atoms with E-state index in [0.29, 0.717) is 18.4 Å². The third-order valence-corrected chi connectivity index (χ3v) is 5.30. The summed E-state index contributed by atoms with van der Waals surface area (Å²) in [5, 5.41) is 3.50. The first kappa shape index (κ1) is 19.4. The van der Waals surface area contributed by atoms with Crippen LogP contribution in [0.4, 0.5) is 0 Å². The second-order valence-electron chi connectivity index (χ2n) is 7.18. The van der Waals surface area contributed by atoms with Crippen LogP contribution in [0.2, 0.25) is 0 Å². The average Bonchev–Trinajstić information content (AvgIpc) is 3.06. The summed E-state index contributed by atoms with van der Waals surface area (Å²) in [5.41, 5.74) is 2.60. The molecular weight excluding hydrogens is 336 g/mol. The quantitative estimate of drug-likeness (QED) is 0.650. The number of carbonyl (C=O) groups is 1. The standard InChI is InChI=1S/C23H30N2O2/c1-27-22-12-9-20(10-13-22)18-24-16-15-21-11-14-23(26)25(21)17-5-8-19-6-3-2-4-7-19/h2-4,6-7,9-10,12-13,21,24H,5,8,11,14-18H2,1H3/t21-/m1/s1. The largest absolute Gasteiger partial charge is 0.497 e. The van der Waals surface area contributed by atoms with Crippen LogP contribution in [-0.2, 0) is 17.8 Å². The molecule has 1 amide bonds. The van der Waals surface area contributed by atoms with Gasteiger partial charge >= 0.3 is 0 Å². The number of nitrogens with zero attached hydrogens (tertiary/aromatic N) is 1. The van der Waals surface area contributed by atoms with Gasteiger partial charge in [0.2, 0.25) is 5.91 Å². The van der Waals surface area contributed by atoms with Gasteiger partial charge < -0.3 is 15.0 Å². The molecule has 1 fully saturated rings. The lowest BCUT2D eigenvalue weighted by atomic mass is 10.1. The zero-order valence-corrected chi connectivity index (χ0v) is 16.2. The maximum atomic E-state index is 12.2. The van der Waals surface area contributed by atoms with Crippen LogP contribution in [0.5, 0.6) is 5.75 Å². The molecule has 3 rings (SSSR count). The Hall–Kier alpha value is -2.33. The Morgan fingerprint density at radius 2 is 1.85 bits per heavy atom. The van der Waals surface area contributed by atoms with Crippen LogP contribution >= 0.6 is 0 Å². The third kappa shape index (κ3) is 5.83. The van der Waals surface area contributed by atoms with Crippen LogP contribution < -0.4 is 10.1 Å². The van der Waals surface area contributed by atoms with E-state index in [0.717, 1.165) is 51.1 Å². The molecule has 1 N–H and O–H groups in total. The topological polar surface area (TPSA) is 41.6 Å². The predicted molar refractivity (Wildman–Crippen MR) is 109 cm³/mol. The first-order valence-corrected chi connectivity index (χ1v) is 9.93. The second-order valence-corrected chi connectivity index (χ2v) is 7.18. The molecule has 4 nitrogen and oxygen atoms in total. The Morgan fingerprint density at radius 1 is 1.07 bits per heavy atom. The summed E-state index contributed by atoms with van der Waals surface area (Å²) in [6.07, 6.45) is 4.79. The van der Waals surface area contributed by atoms with Crippen LogP contribution in [-0.4, -0.2) is 37.0 Å². The maximum Gasteiger partial charge on any atom is 0.222 e. The van der Waals surface area contributed by atoms with Crippen molar-refractivity contribution in [1.82, 2.24) is 10.2 Å². The number of carbonyl (C=O) groups excluding carboxylic acids is 1. The molecule has 1 aliphatic heterocycles. The van der Waals surface area contributed by atoms with Gasteiger partial charge in [0.05, 0.1) is 7.11 Å². The number of amides is 1. The molecule has 2 aromatic carbocycles. The third-order valence-electron chi connectivity index (χ3n) is 5.30. The molecule has 0 saturated carbocycles. The van der Waals surface area contributed by atoms with Crippen LogP contribution in [0.15, 0.2) is 54.6 Å². The summed E-state index contributed by atoms with van der Waals surface area (Å²) in [5.74, 6) is 1.21. The fourth-order valence-corrected chi connectivity index (χ4v) is 3.74. The molecule has 0 spiro atoms. The molecule has 0 unspecified atom stereocenters. The van der Waals surface area contributed by atoms with E-state index in [9.17, 15) is 4.79 Å². The van der Waals surface area contributed by atoms with Crippen LogP contribution in [0, 0.1) is 0 Å². The fraction of sp³-hybridized carbons (Fsp3) is 0.435. The van der Waals surface area contributed by atoms with Crippen molar-refractivity contribution < 1.29 is 9.53 Å². The predicted octanol–water partition coefficient (Wildman–Crippen LogP) is 3.80. The Bertz CT molecular complexity index is 700. The van der Waals surface area contributed by atoms with Gasteiger partial charge in [0.1, 0.15) is 5.75 Å². The van der Waals surface area contributed by atoms with Crippen molar-refractivity contribution in [2.75, 3.05) is 20.2 Å². The van der Waals surface area contributed by atoms with E-state index in [1.807, 2.05) is 18.2 Å². The monoisotopic (exact) mass is 366 g/mol. The highest BCUT2D eigenvalue weighted by atomic mass is 16.5. The van der Waals surface area contributed by atoms with Gasteiger partial charge in [-0.05, 0) is 55.5 Å². The first-order chi connectivity index (χ1) is 13.3. The molecule has 2 aromatic rings. The number of nitrogens with one attached hydrogen (secondary N) is 1. The van der Waals surface area contributed by atoms with Gasteiger partial charge in [-0.15, -0.1) is 0 Å². The Balaban J connectivity index is 1.38. The Kier molecular flexibility index (Phi) is 7.28. The first-order valence-electron chi connectivity index (χ1n) is 9.93. The Morgan fingerprint density at radius 3 is 2.59 bits per heavy atom. The normalized spacial score (nSPS) is 16.7. The van der Waals surface area contributed by atoms with Crippen molar-refractivity contribution in [2.45, 2.75) is 44.7 Å². The van der Waals surface area contributed by atoms with E-state index in [-0.39, 0.29) is 0 Å². The van der Waals surface area contributed by atoms with Crippen LogP contribution in [0.1, 0.15) is 36.8 Å². The minimum absolute atomic E-state index is 0.322. The van der Waals surface area contributed by atoms with Gasteiger partial charge in [-0.25, -0.2) is 0 Å². The molecule has 1 atom stereocenters. The van der Waals surface area contributed by atoms with Crippen molar-refractivity contribution in [1.29, 1.82) is 0 Å². The number of rotatable bonds is 10. The number of hydrogen-bond acceptors (Lipinski definition) is 3. The maximum absolute atomic E-state index is 12.2. The van der Waals surface area contributed by atoms with Crippen molar-refractivity contribution in [3.8, 4) is 5.75 Å². The van der Waals surface area contributed by atoms with Gasteiger partial charge in [0.15, 0.2) is 0 Å². The lowest BCUT2D eigenvalue weighted by molar-refractivity contribution is -0.129. The van der Waals surface area contributed by atoms with Gasteiger partial charge in [-0.2, -0.15) is 0 Å². The van der Waals surface area contributed by atoms with Gasteiger partial charge in [0.25, 0.3) is 0 Å². The highest BCUT2D eigenvalue weighted by Crippen LogP contribution is 2.22. The number of likely N-dealkylation sites (tertiary alicyclic amines) is 1. The van der Waals surface area contributed by atoms with E-state index in [1.165, 1.54) is 11.1 Å². The van der Waals surface area contributed by atoms with Gasteiger partial charge in [0, 0.05) is 25.6 Å². The van der Waals surface area contributed by atoms with Crippen LogP contribution in [0.3, 0.4) is 0 Å². The molecule has 4 heteroatoms. The van der Waals surface area contributed by atoms with E-state index in [4.69, 9.17) is 4.74 Å². The molecule has 27 heavy (non-hydrogen) atoms. The molecule has 0 radical (unpaired) electrons. The van der Waals surface area contributed by atoms with Crippen molar-refractivity contribution in [2.24, 2.45) is 0 Å². The van der Waals surface area contributed by atoms with Gasteiger partial charge in [-0.1, -0.05) is 42.5 Å². The number of methoxy groups -OCH3 is 1. The fourth-order valence-electron chi connectivity index (χ4n) is 3.74. The highest BCUT2D eigenvalue weighted by molar-refractivity contribution is 5.78.